The smallest absolute Gasteiger partial charge is 0.222 e. The van der Waals surface area contributed by atoms with Gasteiger partial charge in [-0.2, -0.15) is 4.98 Å². The third-order valence-corrected chi connectivity index (χ3v) is 3.14. The number of hydrogen-bond donors (Lipinski definition) is 0. The molecule has 0 N–H and O–H groups in total. The van der Waals surface area contributed by atoms with Crippen molar-refractivity contribution >= 4 is 27.5 Å². The third-order valence-electron chi connectivity index (χ3n) is 2.34. The number of halogens is 2. The van der Waals surface area contributed by atoms with Gasteiger partial charge < -0.3 is 4.74 Å². The van der Waals surface area contributed by atoms with Crippen molar-refractivity contribution in [1.29, 1.82) is 0 Å². The van der Waals surface area contributed by atoms with Crippen LogP contribution in [0, 0.1) is 6.92 Å². The van der Waals surface area contributed by atoms with Crippen molar-refractivity contribution < 1.29 is 4.74 Å². The molecule has 0 amide bonds. The summed E-state index contributed by atoms with van der Waals surface area (Å²) in [5, 5.41) is 0.549. The van der Waals surface area contributed by atoms with Gasteiger partial charge in [-0.1, -0.05) is 34.5 Å². The van der Waals surface area contributed by atoms with Crippen LogP contribution in [0.2, 0.25) is 5.02 Å². The fourth-order valence-electron chi connectivity index (χ4n) is 1.50. The lowest BCUT2D eigenvalue weighted by Gasteiger charge is -2.08. The highest BCUT2D eigenvalue weighted by Gasteiger charge is 2.07. The van der Waals surface area contributed by atoms with Gasteiger partial charge in [0.1, 0.15) is 11.6 Å². The molecular formula is C13H12BrClN2O. The number of nitrogens with zero attached hydrogens (tertiary/aromatic N) is 2. The molecule has 0 saturated heterocycles. The van der Waals surface area contributed by atoms with Gasteiger partial charge >= 0.3 is 0 Å². The van der Waals surface area contributed by atoms with Gasteiger partial charge in [-0.15, -0.1) is 0 Å². The summed E-state index contributed by atoms with van der Waals surface area (Å²) in [6, 6.07) is 7.27. The van der Waals surface area contributed by atoms with Crippen molar-refractivity contribution in [1.82, 2.24) is 9.97 Å². The Morgan fingerprint density at radius 2 is 2.06 bits per heavy atom. The quantitative estimate of drug-likeness (QED) is 0.829. The van der Waals surface area contributed by atoms with Crippen LogP contribution in [0.5, 0.6) is 11.6 Å². The van der Waals surface area contributed by atoms with Gasteiger partial charge in [0, 0.05) is 16.2 Å². The second-order valence-corrected chi connectivity index (χ2v) is 5.10. The lowest BCUT2D eigenvalue weighted by atomic mass is 10.3. The zero-order valence-electron chi connectivity index (χ0n) is 10.1. The Hall–Kier alpha value is -1.13. The molecule has 0 saturated carbocycles. The van der Waals surface area contributed by atoms with Crippen molar-refractivity contribution in [2.45, 2.75) is 20.3 Å². The van der Waals surface area contributed by atoms with Crippen LogP contribution < -0.4 is 4.74 Å². The normalized spacial score (nSPS) is 10.4. The van der Waals surface area contributed by atoms with E-state index in [0.29, 0.717) is 22.5 Å². The van der Waals surface area contributed by atoms with E-state index < -0.39 is 0 Å². The van der Waals surface area contributed by atoms with Crippen LogP contribution in [-0.2, 0) is 6.42 Å². The molecule has 0 radical (unpaired) electrons. The Balaban J connectivity index is 2.33. The number of benzene rings is 1. The summed E-state index contributed by atoms with van der Waals surface area (Å²) in [7, 11) is 0. The Morgan fingerprint density at radius 3 is 2.78 bits per heavy atom. The number of ether oxygens (including phenoxy) is 1. The summed E-state index contributed by atoms with van der Waals surface area (Å²) < 4.78 is 6.61. The summed E-state index contributed by atoms with van der Waals surface area (Å²) in [5.74, 6) is 1.78. The molecule has 94 valence electrons. The minimum absolute atomic E-state index is 0.513. The van der Waals surface area contributed by atoms with E-state index in [4.69, 9.17) is 16.3 Å². The fourth-order valence-corrected chi connectivity index (χ4v) is 2.00. The monoisotopic (exact) mass is 326 g/mol. The topological polar surface area (TPSA) is 35.0 Å². The predicted octanol–water partition coefficient (Wildman–Crippen LogP) is 4.56. The van der Waals surface area contributed by atoms with Gasteiger partial charge in [0.2, 0.25) is 5.88 Å². The van der Waals surface area contributed by atoms with Crippen molar-refractivity contribution in [3.63, 3.8) is 0 Å². The second-order valence-electron chi connectivity index (χ2n) is 3.78. The molecule has 18 heavy (non-hydrogen) atoms. The Bertz CT molecular complexity index is 575. The van der Waals surface area contributed by atoms with Gasteiger partial charge in [-0.05, 0) is 31.5 Å². The summed E-state index contributed by atoms with van der Waals surface area (Å²) in [5.41, 5.74) is 0.948. The predicted molar refractivity (Wildman–Crippen MR) is 75.4 cm³/mol. The van der Waals surface area contributed by atoms with E-state index in [9.17, 15) is 0 Å². The standard InChI is InChI=1S/C13H12BrClN2O/c1-3-10-7-13(17-8(2)16-10)18-12-6-9(14)4-5-11(12)15/h4-7H,3H2,1-2H3. The SMILES string of the molecule is CCc1cc(Oc2cc(Br)ccc2Cl)nc(C)n1. The Kier molecular flexibility index (Phi) is 4.19. The number of aryl methyl sites for hydroxylation is 2. The fraction of sp³-hybridized carbons (Fsp3) is 0.231. The van der Waals surface area contributed by atoms with E-state index in [2.05, 4.69) is 25.9 Å². The molecule has 2 aromatic rings. The number of aromatic nitrogens is 2. The highest BCUT2D eigenvalue weighted by atomic mass is 79.9. The third kappa shape index (κ3) is 3.21. The van der Waals surface area contributed by atoms with Crippen molar-refractivity contribution in [3.8, 4) is 11.6 Å². The van der Waals surface area contributed by atoms with Crippen LogP contribution in [0.1, 0.15) is 18.4 Å². The molecule has 0 bridgehead atoms. The molecule has 1 aromatic heterocycles. The average molecular weight is 328 g/mol. The molecule has 0 aliphatic heterocycles. The second kappa shape index (κ2) is 5.67. The highest BCUT2D eigenvalue weighted by molar-refractivity contribution is 9.10. The zero-order chi connectivity index (χ0) is 13.1. The van der Waals surface area contributed by atoms with Crippen molar-refractivity contribution in [2.75, 3.05) is 0 Å². The summed E-state index contributed by atoms with van der Waals surface area (Å²) in [6.07, 6.45) is 0.839. The maximum atomic E-state index is 6.07. The molecule has 0 spiro atoms. The van der Waals surface area contributed by atoms with E-state index >= 15 is 0 Å². The molecule has 0 fully saturated rings. The van der Waals surface area contributed by atoms with Crippen LogP contribution in [0.15, 0.2) is 28.7 Å². The first-order chi connectivity index (χ1) is 8.58. The lowest BCUT2D eigenvalue weighted by Crippen LogP contribution is -1.97. The minimum atomic E-state index is 0.513. The minimum Gasteiger partial charge on any atom is -0.437 e. The Morgan fingerprint density at radius 1 is 1.28 bits per heavy atom. The number of hydrogen-bond acceptors (Lipinski definition) is 3. The summed E-state index contributed by atoms with van der Waals surface area (Å²) in [6.45, 7) is 3.88. The van der Waals surface area contributed by atoms with E-state index in [-0.39, 0.29) is 0 Å². The Labute approximate surface area is 119 Å². The maximum Gasteiger partial charge on any atom is 0.222 e. The van der Waals surface area contributed by atoms with Gasteiger partial charge in [0.25, 0.3) is 0 Å². The summed E-state index contributed by atoms with van der Waals surface area (Å²) in [4.78, 5) is 8.54. The van der Waals surface area contributed by atoms with Gasteiger partial charge in [0.15, 0.2) is 0 Å². The maximum absolute atomic E-state index is 6.07. The average Bonchev–Trinajstić information content (AvgIpc) is 2.33. The molecule has 2 rings (SSSR count). The molecular weight excluding hydrogens is 316 g/mol. The molecule has 5 heteroatoms. The lowest BCUT2D eigenvalue weighted by molar-refractivity contribution is 0.458. The molecule has 3 nitrogen and oxygen atoms in total. The van der Waals surface area contributed by atoms with Crippen molar-refractivity contribution in [3.05, 3.63) is 45.3 Å². The van der Waals surface area contributed by atoms with Gasteiger partial charge in [-0.25, -0.2) is 4.98 Å². The molecule has 0 aliphatic carbocycles. The van der Waals surface area contributed by atoms with Crippen LogP contribution >= 0.6 is 27.5 Å². The van der Waals surface area contributed by atoms with Gasteiger partial charge in [-0.3, -0.25) is 0 Å². The first-order valence-corrected chi connectivity index (χ1v) is 6.73. The van der Waals surface area contributed by atoms with Crippen LogP contribution in [-0.4, -0.2) is 9.97 Å². The van der Waals surface area contributed by atoms with Crippen LogP contribution in [0.3, 0.4) is 0 Å². The largest absolute Gasteiger partial charge is 0.437 e. The molecule has 0 atom stereocenters. The number of rotatable bonds is 3. The first-order valence-electron chi connectivity index (χ1n) is 5.56. The summed E-state index contributed by atoms with van der Waals surface area (Å²) >= 11 is 9.45. The molecule has 0 aliphatic rings. The van der Waals surface area contributed by atoms with E-state index in [1.165, 1.54) is 0 Å². The van der Waals surface area contributed by atoms with Gasteiger partial charge in [0.05, 0.1) is 5.02 Å². The van der Waals surface area contributed by atoms with E-state index in [1.54, 1.807) is 6.07 Å². The highest BCUT2D eigenvalue weighted by Crippen LogP contribution is 2.31. The van der Waals surface area contributed by atoms with Crippen LogP contribution in [0.25, 0.3) is 0 Å². The molecule has 1 heterocycles. The first kappa shape index (κ1) is 13.3. The van der Waals surface area contributed by atoms with Crippen molar-refractivity contribution in [2.24, 2.45) is 0 Å². The molecule has 0 unspecified atom stereocenters. The van der Waals surface area contributed by atoms with E-state index in [1.807, 2.05) is 32.0 Å². The zero-order valence-corrected chi connectivity index (χ0v) is 12.4. The molecule has 1 aromatic carbocycles. The van der Waals surface area contributed by atoms with E-state index in [0.717, 1.165) is 16.6 Å². The van der Waals surface area contributed by atoms with Crippen LogP contribution in [0.4, 0.5) is 0 Å².